The number of fused-ring (bicyclic) bond motifs is 1. The van der Waals surface area contributed by atoms with Crippen LogP contribution in [0.2, 0.25) is 0 Å². The van der Waals surface area contributed by atoms with E-state index in [4.69, 9.17) is 4.74 Å². The van der Waals surface area contributed by atoms with E-state index in [2.05, 4.69) is 23.8 Å². The molecule has 1 atom stereocenters. The Morgan fingerprint density at radius 3 is 3.17 bits per heavy atom. The van der Waals surface area contributed by atoms with E-state index in [0.29, 0.717) is 0 Å². The number of hydrogen-bond donors (Lipinski definition) is 2. The Morgan fingerprint density at radius 2 is 2.39 bits per heavy atom. The van der Waals surface area contributed by atoms with E-state index in [-0.39, 0.29) is 18.6 Å². The summed E-state index contributed by atoms with van der Waals surface area (Å²) in [6.07, 6.45) is 2.10. The monoisotopic (exact) mass is 266 g/mol. The van der Waals surface area contributed by atoms with E-state index in [0.717, 1.165) is 29.3 Å². The van der Waals surface area contributed by atoms with Gasteiger partial charge < -0.3 is 15.4 Å². The van der Waals surface area contributed by atoms with Gasteiger partial charge in [0.05, 0.1) is 5.69 Å². The summed E-state index contributed by atoms with van der Waals surface area (Å²) in [6, 6.07) is 6.19. The Labute approximate surface area is 111 Å². The first-order valence-corrected chi connectivity index (χ1v) is 7.39. The molecule has 0 saturated carbocycles. The van der Waals surface area contributed by atoms with Gasteiger partial charge in [-0.1, -0.05) is 6.07 Å². The molecule has 2 rings (SSSR count). The number of carbonyl (C=O) groups is 1. The minimum Gasteiger partial charge on any atom is -0.482 e. The van der Waals surface area contributed by atoms with Gasteiger partial charge in [0, 0.05) is 18.3 Å². The fourth-order valence-corrected chi connectivity index (χ4v) is 2.19. The van der Waals surface area contributed by atoms with Gasteiger partial charge >= 0.3 is 0 Å². The summed E-state index contributed by atoms with van der Waals surface area (Å²) in [7, 11) is 0. The molecule has 1 amide bonds. The molecule has 1 aliphatic heterocycles. The lowest BCUT2D eigenvalue weighted by Gasteiger charge is -2.20. The normalized spacial score (nSPS) is 15.6. The molecule has 1 aliphatic rings. The van der Waals surface area contributed by atoms with Crippen LogP contribution in [0.15, 0.2) is 18.2 Å². The molecule has 1 heterocycles. The summed E-state index contributed by atoms with van der Waals surface area (Å²) in [4.78, 5) is 11.3. The predicted molar refractivity (Wildman–Crippen MR) is 75.4 cm³/mol. The summed E-state index contributed by atoms with van der Waals surface area (Å²) in [5.41, 5.74) is 1.92. The molecular formula is C13H18N2O2S. The Bertz CT molecular complexity index is 437. The van der Waals surface area contributed by atoms with Gasteiger partial charge in [-0.15, -0.1) is 0 Å². The molecule has 18 heavy (non-hydrogen) atoms. The fraction of sp³-hybridized carbons (Fsp3) is 0.462. The topological polar surface area (TPSA) is 50.4 Å². The number of thioether (sulfide) groups is 1. The fourth-order valence-electron chi connectivity index (χ4n) is 1.87. The number of amides is 1. The molecule has 0 radical (unpaired) electrons. The summed E-state index contributed by atoms with van der Waals surface area (Å²) in [5, 5.41) is 6.27. The zero-order valence-electron chi connectivity index (χ0n) is 10.7. The van der Waals surface area contributed by atoms with Crippen LogP contribution < -0.4 is 15.4 Å². The zero-order valence-corrected chi connectivity index (χ0v) is 11.5. The molecule has 0 aromatic heterocycles. The second kappa shape index (κ2) is 6.11. The minimum absolute atomic E-state index is 0.0948. The average molecular weight is 266 g/mol. The Hall–Kier alpha value is -1.20. The minimum atomic E-state index is -0.0948. The van der Waals surface area contributed by atoms with E-state index in [9.17, 15) is 4.79 Å². The number of ether oxygens (including phenoxy) is 1. The van der Waals surface area contributed by atoms with Crippen LogP contribution in [-0.2, 0) is 4.79 Å². The van der Waals surface area contributed by atoms with E-state index >= 15 is 0 Å². The average Bonchev–Trinajstić information content (AvgIpc) is 2.38. The van der Waals surface area contributed by atoms with Crippen molar-refractivity contribution in [3.63, 3.8) is 0 Å². The smallest absolute Gasteiger partial charge is 0.262 e. The van der Waals surface area contributed by atoms with E-state index < -0.39 is 0 Å². The van der Waals surface area contributed by atoms with Gasteiger partial charge in [0.2, 0.25) is 0 Å². The van der Waals surface area contributed by atoms with Gasteiger partial charge in [0.1, 0.15) is 5.75 Å². The molecule has 2 N–H and O–H groups in total. The van der Waals surface area contributed by atoms with Gasteiger partial charge in [0.15, 0.2) is 6.61 Å². The van der Waals surface area contributed by atoms with E-state index in [1.54, 1.807) is 0 Å². The van der Waals surface area contributed by atoms with Crippen molar-refractivity contribution in [2.24, 2.45) is 0 Å². The molecule has 1 aromatic rings. The van der Waals surface area contributed by atoms with Crippen molar-refractivity contribution in [1.82, 2.24) is 5.32 Å². The molecule has 1 aromatic carbocycles. The van der Waals surface area contributed by atoms with Crippen LogP contribution >= 0.6 is 11.8 Å². The third kappa shape index (κ3) is 3.17. The summed E-state index contributed by atoms with van der Waals surface area (Å²) < 4.78 is 5.33. The van der Waals surface area contributed by atoms with Crippen LogP contribution in [0.5, 0.6) is 5.75 Å². The second-order valence-electron chi connectivity index (χ2n) is 4.26. The van der Waals surface area contributed by atoms with Crippen LogP contribution in [0.25, 0.3) is 0 Å². The zero-order chi connectivity index (χ0) is 13.0. The lowest BCUT2D eigenvalue weighted by Crippen LogP contribution is -2.26. The lowest BCUT2D eigenvalue weighted by molar-refractivity contribution is -0.118. The molecule has 0 saturated heterocycles. The van der Waals surface area contributed by atoms with Gasteiger partial charge in [-0.2, -0.15) is 11.8 Å². The predicted octanol–water partition coefficient (Wildman–Crippen LogP) is 2.03. The first-order chi connectivity index (χ1) is 8.70. The number of rotatable bonds is 5. The highest BCUT2D eigenvalue weighted by Crippen LogP contribution is 2.30. The second-order valence-corrected chi connectivity index (χ2v) is 5.25. The van der Waals surface area contributed by atoms with Crippen molar-refractivity contribution >= 4 is 23.4 Å². The quantitative estimate of drug-likeness (QED) is 0.801. The Morgan fingerprint density at radius 1 is 1.56 bits per heavy atom. The Balaban J connectivity index is 2.05. The maximum absolute atomic E-state index is 11.3. The van der Waals surface area contributed by atoms with Crippen molar-refractivity contribution < 1.29 is 9.53 Å². The molecule has 0 spiro atoms. The van der Waals surface area contributed by atoms with Crippen LogP contribution in [0.3, 0.4) is 0 Å². The third-order valence-electron chi connectivity index (χ3n) is 2.89. The van der Waals surface area contributed by atoms with Gasteiger partial charge in [-0.3, -0.25) is 4.79 Å². The lowest BCUT2D eigenvalue weighted by atomic mass is 10.1. The van der Waals surface area contributed by atoms with Crippen LogP contribution in [-0.4, -0.2) is 31.1 Å². The van der Waals surface area contributed by atoms with E-state index in [1.807, 2.05) is 30.0 Å². The van der Waals surface area contributed by atoms with Crippen molar-refractivity contribution in [2.45, 2.75) is 13.0 Å². The molecule has 1 unspecified atom stereocenters. The SMILES string of the molecule is CSCCNC(C)c1ccc2c(c1)NC(=O)CO2. The Kier molecular flexibility index (Phi) is 4.49. The molecular weight excluding hydrogens is 248 g/mol. The molecule has 5 heteroatoms. The molecule has 0 aliphatic carbocycles. The summed E-state index contributed by atoms with van der Waals surface area (Å²) in [5.74, 6) is 1.74. The first-order valence-electron chi connectivity index (χ1n) is 5.99. The third-order valence-corrected chi connectivity index (χ3v) is 3.51. The largest absolute Gasteiger partial charge is 0.482 e. The highest BCUT2D eigenvalue weighted by molar-refractivity contribution is 7.98. The summed E-state index contributed by atoms with van der Waals surface area (Å²) in [6.45, 7) is 3.20. The number of carbonyl (C=O) groups excluding carboxylic acids is 1. The number of hydrogen-bond acceptors (Lipinski definition) is 4. The molecule has 98 valence electrons. The van der Waals surface area contributed by atoms with Crippen LogP contribution in [0, 0.1) is 0 Å². The van der Waals surface area contributed by atoms with Crippen LogP contribution in [0.1, 0.15) is 18.5 Å². The molecule has 0 bridgehead atoms. The van der Waals surface area contributed by atoms with Gasteiger partial charge in [0.25, 0.3) is 5.91 Å². The van der Waals surface area contributed by atoms with Gasteiger partial charge in [-0.25, -0.2) is 0 Å². The molecule has 4 nitrogen and oxygen atoms in total. The maximum Gasteiger partial charge on any atom is 0.262 e. The van der Waals surface area contributed by atoms with Crippen molar-refractivity contribution in [3.8, 4) is 5.75 Å². The number of anilines is 1. The standard InChI is InChI=1S/C13H18N2O2S/c1-9(14-5-6-18-2)10-3-4-12-11(7-10)15-13(16)8-17-12/h3-4,7,9,14H,5-6,8H2,1-2H3,(H,15,16). The molecule has 0 fully saturated rings. The number of nitrogens with one attached hydrogen (secondary N) is 2. The number of benzene rings is 1. The van der Waals surface area contributed by atoms with Gasteiger partial charge in [-0.05, 0) is 30.9 Å². The summed E-state index contributed by atoms with van der Waals surface area (Å²) >= 11 is 1.82. The highest BCUT2D eigenvalue weighted by atomic mass is 32.2. The van der Waals surface area contributed by atoms with Crippen molar-refractivity contribution in [2.75, 3.05) is 30.5 Å². The van der Waals surface area contributed by atoms with E-state index in [1.165, 1.54) is 0 Å². The van der Waals surface area contributed by atoms with Crippen molar-refractivity contribution in [1.29, 1.82) is 0 Å². The maximum atomic E-state index is 11.3. The highest BCUT2D eigenvalue weighted by Gasteiger charge is 2.17. The first kappa shape index (κ1) is 13.2. The van der Waals surface area contributed by atoms with Crippen LogP contribution in [0.4, 0.5) is 5.69 Å². The van der Waals surface area contributed by atoms with Crippen molar-refractivity contribution in [3.05, 3.63) is 23.8 Å².